The number of methoxy groups -OCH3 is 1. The number of rotatable bonds is 9. The quantitative estimate of drug-likeness (QED) is 0.326. The summed E-state index contributed by atoms with van der Waals surface area (Å²) in [5.74, 6) is -2.09. The normalized spacial score (nSPS) is 12.6. The lowest BCUT2D eigenvalue weighted by Crippen LogP contribution is -2.29. The second-order valence-corrected chi connectivity index (χ2v) is 8.12. The molecular formula is C26H24N4O6. The maximum Gasteiger partial charge on any atom is 0.309 e. The van der Waals surface area contributed by atoms with Gasteiger partial charge in [-0.05, 0) is 60.5 Å². The third kappa shape index (κ3) is 5.39. The van der Waals surface area contributed by atoms with Gasteiger partial charge < -0.3 is 20.3 Å². The SMILES string of the molecule is COc1ccc(C(=O)Nc2ccc([C@@H](O)[C@H](CCn3nnc4ccccc4c3=O)C(=O)O)cc2)cc1. The van der Waals surface area contributed by atoms with Crippen LogP contribution in [0.5, 0.6) is 5.75 Å². The summed E-state index contributed by atoms with van der Waals surface area (Å²) >= 11 is 0. The van der Waals surface area contributed by atoms with Crippen molar-refractivity contribution in [3.8, 4) is 5.75 Å². The standard InChI is InChI=1S/C26H24N4O6/c1-36-19-12-8-17(9-13-19)24(32)27-18-10-6-16(7-11-18)23(31)21(26(34)35)14-15-30-25(33)20-4-2-3-5-22(20)28-29-30/h2-13,21,23,31H,14-15H2,1H3,(H,27,32)(H,34,35)/t21-,23+/m0/s1. The number of benzene rings is 3. The van der Waals surface area contributed by atoms with Gasteiger partial charge in [0.2, 0.25) is 0 Å². The zero-order valence-electron chi connectivity index (χ0n) is 19.4. The van der Waals surface area contributed by atoms with Crippen LogP contribution in [0.2, 0.25) is 0 Å². The number of ether oxygens (including phenoxy) is 1. The monoisotopic (exact) mass is 488 g/mol. The number of nitrogens with one attached hydrogen (secondary N) is 1. The molecule has 3 aromatic carbocycles. The molecule has 0 aliphatic rings. The minimum atomic E-state index is -1.34. The maximum atomic E-state index is 12.6. The molecule has 1 aromatic heterocycles. The summed E-state index contributed by atoms with van der Waals surface area (Å²) < 4.78 is 6.18. The van der Waals surface area contributed by atoms with E-state index in [0.717, 1.165) is 4.68 Å². The predicted octanol–water partition coefficient (Wildman–Crippen LogP) is 2.88. The molecular weight excluding hydrogens is 464 g/mol. The van der Waals surface area contributed by atoms with Crippen molar-refractivity contribution in [3.05, 3.63) is 94.3 Å². The van der Waals surface area contributed by atoms with Crippen molar-refractivity contribution in [2.75, 3.05) is 12.4 Å². The van der Waals surface area contributed by atoms with Gasteiger partial charge in [0.05, 0.1) is 24.5 Å². The highest BCUT2D eigenvalue weighted by molar-refractivity contribution is 6.04. The van der Waals surface area contributed by atoms with Gasteiger partial charge in [-0.15, -0.1) is 5.10 Å². The van der Waals surface area contributed by atoms with Gasteiger partial charge in [0.1, 0.15) is 11.3 Å². The number of nitrogens with zero attached hydrogens (tertiary/aromatic N) is 3. The Hall–Kier alpha value is -4.57. The van der Waals surface area contributed by atoms with Crippen LogP contribution in [0.3, 0.4) is 0 Å². The first-order chi connectivity index (χ1) is 17.4. The van der Waals surface area contributed by atoms with Crippen molar-refractivity contribution in [2.45, 2.75) is 19.1 Å². The van der Waals surface area contributed by atoms with Crippen molar-refractivity contribution < 1.29 is 24.5 Å². The largest absolute Gasteiger partial charge is 0.497 e. The number of hydrogen-bond acceptors (Lipinski definition) is 7. The van der Waals surface area contributed by atoms with Gasteiger partial charge in [-0.1, -0.05) is 29.5 Å². The fourth-order valence-electron chi connectivity index (χ4n) is 3.79. The number of aromatic nitrogens is 3. The van der Waals surface area contributed by atoms with E-state index in [4.69, 9.17) is 4.74 Å². The second-order valence-electron chi connectivity index (χ2n) is 8.12. The van der Waals surface area contributed by atoms with Crippen LogP contribution in [0.25, 0.3) is 10.9 Å². The van der Waals surface area contributed by atoms with Crippen LogP contribution >= 0.6 is 0 Å². The zero-order chi connectivity index (χ0) is 25.7. The molecule has 0 aliphatic heterocycles. The van der Waals surface area contributed by atoms with Crippen molar-refractivity contribution in [1.29, 1.82) is 0 Å². The molecule has 2 atom stereocenters. The van der Waals surface area contributed by atoms with Crippen LogP contribution in [0.1, 0.15) is 28.4 Å². The molecule has 1 amide bonds. The van der Waals surface area contributed by atoms with Gasteiger partial charge >= 0.3 is 5.97 Å². The smallest absolute Gasteiger partial charge is 0.309 e. The van der Waals surface area contributed by atoms with E-state index in [2.05, 4.69) is 15.6 Å². The first-order valence-corrected chi connectivity index (χ1v) is 11.2. The molecule has 10 heteroatoms. The minimum absolute atomic E-state index is 0.0271. The van der Waals surface area contributed by atoms with E-state index in [9.17, 15) is 24.6 Å². The van der Waals surface area contributed by atoms with Crippen LogP contribution in [0, 0.1) is 5.92 Å². The third-order valence-corrected chi connectivity index (χ3v) is 5.84. The van der Waals surface area contributed by atoms with Crippen LogP contribution in [-0.2, 0) is 11.3 Å². The summed E-state index contributed by atoms with van der Waals surface area (Å²) in [7, 11) is 1.54. The van der Waals surface area contributed by atoms with Gasteiger partial charge in [0, 0.05) is 17.8 Å². The van der Waals surface area contributed by atoms with Crippen molar-refractivity contribution >= 4 is 28.5 Å². The summed E-state index contributed by atoms with van der Waals surface area (Å²) in [5, 5.41) is 31.5. The van der Waals surface area contributed by atoms with E-state index in [-0.39, 0.29) is 24.4 Å². The molecule has 0 saturated heterocycles. The molecule has 36 heavy (non-hydrogen) atoms. The van der Waals surface area contributed by atoms with E-state index in [1.807, 2.05) is 0 Å². The predicted molar refractivity (Wildman–Crippen MR) is 132 cm³/mol. The van der Waals surface area contributed by atoms with Crippen LogP contribution in [0.4, 0.5) is 5.69 Å². The molecule has 1 heterocycles. The van der Waals surface area contributed by atoms with Crippen LogP contribution in [-0.4, -0.2) is 44.2 Å². The summed E-state index contributed by atoms with van der Waals surface area (Å²) in [6.07, 6.45) is -1.38. The Morgan fingerprint density at radius 3 is 2.39 bits per heavy atom. The fourth-order valence-corrected chi connectivity index (χ4v) is 3.79. The molecule has 0 aliphatic carbocycles. The molecule has 0 radical (unpaired) electrons. The van der Waals surface area contributed by atoms with Crippen LogP contribution in [0.15, 0.2) is 77.6 Å². The van der Waals surface area contributed by atoms with Gasteiger partial charge in [-0.2, -0.15) is 0 Å². The highest BCUT2D eigenvalue weighted by Gasteiger charge is 2.28. The highest BCUT2D eigenvalue weighted by Crippen LogP contribution is 2.27. The summed E-state index contributed by atoms with van der Waals surface area (Å²) in [5.41, 5.74) is 1.36. The molecule has 0 spiro atoms. The number of fused-ring (bicyclic) bond motifs is 1. The lowest BCUT2D eigenvalue weighted by Gasteiger charge is -2.20. The number of hydrogen-bond donors (Lipinski definition) is 3. The number of aliphatic hydroxyl groups is 1. The Kier molecular flexibility index (Phi) is 7.36. The average molecular weight is 489 g/mol. The topological polar surface area (TPSA) is 144 Å². The Labute approximate surface area is 205 Å². The molecule has 184 valence electrons. The van der Waals surface area contributed by atoms with Crippen molar-refractivity contribution in [1.82, 2.24) is 15.0 Å². The number of carbonyl (C=O) groups is 2. The Balaban J connectivity index is 1.43. The van der Waals surface area contributed by atoms with E-state index in [0.29, 0.717) is 33.5 Å². The van der Waals surface area contributed by atoms with Crippen molar-refractivity contribution in [3.63, 3.8) is 0 Å². The third-order valence-electron chi connectivity index (χ3n) is 5.84. The summed E-state index contributed by atoms with van der Waals surface area (Å²) in [4.78, 5) is 37.0. The van der Waals surface area contributed by atoms with E-state index < -0.39 is 18.0 Å². The number of carbonyl (C=O) groups excluding carboxylic acids is 1. The Morgan fingerprint density at radius 1 is 1.03 bits per heavy atom. The second kappa shape index (κ2) is 10.8. The first-order valence-electron chi connectivity index (χ1n) is 11.2. The number of anilines is 1. The number of aliphatic carboxylic acids is 1. The number of carboxylic acids is 1. The van der Waals surface area contributed by atoms with Gasteiger partial charge in [-0.3, -0.25) is 14.4 Å². The lowest BCUT2D eigenvalue weighted by molar-refractivity contribution is -0.146. The molecule has 0 fully saturated rings. The average Bonchev–Trinajstić information content (AvgIpc) is 2.90. The number of amides is 1. The molecule has 10 nitrogen and oxygen atoms in total. The van der Waals surface area contributed by atoms with Gasteiger partial charge in [0.15, 0.2) is 0 Å². The zero-order valence-corrected chi connectivity index (χ0v) is 19.4. The number of aryl methyl sites for hydroxylation is 1. The van der Waals surface area contributed by atoms with Crippen molar-refractivity contribution in [2.24, 2.45) is 5.92 Å². The number of aliphatic hydroxyl groups excluding tert-OH is 1. The fraction of sp³-hybridized carbons (Fsp3) is 0.192. The number of carboxylic acid groups (broad SMARTS) is 1. The Morgan fingerprint density at radius 2 is 1.72 bits per heavy atom. The highest BCUT2D eigenvalue weighted by atomic mass is 16.5. The van der Waals surface area contributed by atoms with E-state index >= 15 is 0 Å². The van der Waals surface area contributed by atoms with Gasteiger partial charge in [0.25, 0.3) is 11.5 Å². The lowest BCUT2D eigenvalue weighted by atomic mass is 9.92. The molecule has 4 aromatic rings. The summed E-state index contributed by atoms with van der Waals surface area (Å²) in [6, 6.07) is 19.6. The Bertz CT molecular complexity index is 1430. The molecule has 0 saturated carbocycles. The molecule has 3 N–H and O–H groups in total. The molecule has 0 unspecified atom stereocenters. The van der Waals surface area contributed by atoms with Crippen LogP contribution < -0.4 is 15.6 Å². The minimum Gasteiger partial charge on any atom is -0.497 e. The molecule has 0 bridgehead atoms. The maximum absolute atomic E-state index is 12.6. The van der Waals surface area contributed by atoms with E-state index in [1.165, 1.54) is 7.11 Å². The summed E-state index contributed by atoms with van der Waals surface area (Å²) in [6.45, 7) is -0.0271. The van der Waals surface area contributed by atoms with E-state index in [1.54, 1.807) is 72.8 Å². The molecule has 4 rings (SSSR count). The first kappa shape index (κ1) is 24.6. The van der Waals surface area contributed by atoms with Gasteiger partial charge in [-0.25, -0.2) is 4.68 Å².